The predicted octanol–water partition coefficient (Wildman–Crippen LogP) is 1.95. The number of likely N-dealkylation sites (tertiary alicyclic amines) is 1. The van der Waals surface area contributed by atoms with E-state index in [1.165, 1.54) is 10.6 Å². The van der Waals surface area contributed by atoms with Gasteiger partial charge in [0.25, 0.3) is 0 Å². The molecule has 1 atom stereocenters. The third-order valence-corrected chi connectivity index (χ3v) is 4.38. The Labute approximate surface area is 139 Å². The molecule has 0 bridgehead atoms. The fourth-order valence-corrected chi connectivity index (χ4v) is 3.01. The van der Waals surface area contributed by atoms with Crippen molar-refractivity contribution in [2.75, 3.05) is 13.1 Å². The minimum atomic E-state index is -4.33. The predicted molar refractivity (Wildman–Crippen MR) is 79.8 cm³/mol. The normalized spacial score (nSPS) is 19.0. The summed E-state index contributed by atoms with van der Waals surface area (Å²) in [7, 11) is 0. The summed E-state index contributed by atoms with van der Waals surface area (Å²) in [5.74, 6) is -2.09. The zero-order valence-corrected chi connectivity index (χ0v) is 13.2. The number of piperidine rings is 1. The van der Waals surface area contributed by atoms with Gasteiger partial charge >= 0.3 is 11.9 Å². The molecule has 24 heavy (non-hydrogen) atoms. The van der Waals surface area contributed by atoms with Crippen LogP contribution in [0.4, 0.5) is 13.2 Å². The number of pyridine rings is 1. The number of carbonyl (C=O) groups excluding carboxylic acids is 1. The monoisotopic (exact) mass is 362 g/mol. The highest BCUT2D eigenvalue weighted by atomic mass is 35.5. The summed E-state index contributed by atoms with van der Waals surface area (Å²) in [6.45, 7) is -0.555. The summed E-state index contributed by atoms with van der Waals surface area (Å²) in [5.41, 5.74) is -0.367. The molecule has 0 aliphatic carbocycles. The number of carbonyl (C=O) groups is 1. The van der Waals surface area contributed by atoms with Gasteiger partial charge in [0.2, 0.25) is 5.91 Å². The Morgan fingerprint density at radius 1 is 1.42 bits per heavy atom. The highest BCUT2D eigenvalue weighted by Crippen LogP contribution is 2.33. The number of alkyl halides is 3. The molecule has 2 aromatic rings. The van der Waals surface area contributed by atoms with E-state index in [1.54, 1.807) is 12.1 Å². The quantitative estimate of drug-likeness (QED) is 0.820. The average molecular weight is 363 g/mol. The van der Waals surface area contributed by atoms with Gasteiger partial charge in [-0.2, -0.15) is 13.2 Å². The molecule has 0 aromatic carbocycles. The molecule has 1 fully saturated rings. The van der Waals surface area contributed by atoms with Crippen molar-refractivity contribution in [3.05, 3.63) is 33.8 Å². The van der Waals surface area contributed by atoms with E-state index in [-0.39, 0.29) is 36.6 Å². The van der Waals surface area contributed by atoms with Crippen molar-refractivity contribution >= 4 is 23.2 Å². The maximum atomic E-state index is 12.8. The lowest BCUT2D eigenvalue weighted by molar-refractivity contribution is -0.188. The van der Waals surface area contributed by atoms with Crippen LogP contribution in [-0.4, -0.2) is 44.3 Å². The molecule has 1 saturated heterocycles. The molecule has 0 spiro atoms. The highest BCUT2D eigenvalue weighted by Gasteiger charge is 2.42. The summed E-state index contributed by atoms with van der Waals surface area (Å²) >= 11 is 5.94. The maximum absolute atomic E-state index is 12.8. The van der Waals surface area contributed by atoms with E-state index >= 15 is 0 Å². The molecule has 2 aromatic heterocycles. The molecule has 1 aliphatic heterocycles. The Hall–Kier alpha value is -2.03. The standard InChI is InChI=1S/C14H14ClF3N4O2/c15-10-4-2-6-21-12(10)19-22(13(21)24)8-11(23)20-5-1-3-9(7-20)14(16,17)18/h2,4,6,9H,1,3,5,7-8H2/t9-/m1/s1. The smallest absolute Gasteiger partial charge is 0.340 e. The number of hydrogen-bond donors (Lipinski definition) is 0. The lowest BCUT2D eigenvalue weighted by Gasteiger charge is -2.33. The lowest BCUT2D eigenvalue weighted by Crippen LogP contribution is -2.46. The van der Waals surface area contributed by atoms with Crippen molar-refractivity contribution in [1.29, 1.82) is 0 Å². The fraction of sp³-hybridized carbons (Fsp3) is 0.500. The van der Waals surface area contributed by atoms with Gasteiger partial charge in [-0.1, -0.05) is 11.6 Å². The number of aromatic nitrogens is 3. The van der Waals surface area contributed by atoms with Crippen LogP contribution in [0, 0.1) is 5.92 Å². The molecule has 3 heterocycles. The Balaban J connectivity index is 1.79. The van der Waals surface area contributed by atoms with E-state index in [1.807, 2.05) is 0 Å². The summed E-state index contributed by atoms with van der Waals surface area (Å²) in [5, 5.41) is 4.23. The van der Waals surface area contributed by atoms with Gasteiger partial charge in [-0.05, 0) is 25.0 Å². The average Bonchev–Trinajstić information content (AvgIpc) is 2.85. The second-order valence-corrected chi connectivity index (χ2v) is 6.12. The van der Waals surface area contributed by atoms with Gasteiger partial charge in [-0.25, -0.2) is 13.9 Å². The van der Waals surface area contributed by atoms with E-state index in [2.05, 4.69) is 5.10 Å². The minimum Gasteiger partial charge on any atom is -0.340 e. The molecule has 0 N–H and O–H groups in total. The molecule has 130 valence electrons. The van der Waals surface area contributed by atoms with E-state index < -0.39 is 30.2 Å². The summed E-state index contributed by atoms with van der Waals surface area (Å²) < 4.78 is 40.6. The van der Waals surface area contributed by atoms with E-state index in [0.29, 0.717) is 0 Å². The molecule has 10 heteroatoms. The summed E-state index contributed by atoms with van der Waals surface area (Å²) in [6, 6.07) is 3.11. The third-order valence-electron chi connectivity index (χ3n) is 4.08. The first-order chi connectivity index (χ1) is 11.3. The van der Waals surface area contributed by atoms with Crippen molar-refractivity contribution in [2.24, 2.45) is 5.92 Å². The highest BCUT2D eigenvalue weighted by molar-refractivity contribution is 6.33. The first-order valence-electron chi connectivity index (χ1n) is 7.35. The Morgan fingerprint density at radius 3 is 2.83 bits per heavy atom. The van der Waals surface area contributed by atoms with Gasteiger partial charge in [0.05, 0.1) is 10.9 Å². The van der Waals surface area contributed by atoms with Crippen LogP contribution in [0.2, 0.25) is 5.02 Å². The second kappa shape index (κ2) is 6.12. The Morgan fingerprint density at radius 2 is 2.17 bits per heavy atom. The molecule has 3 rings (SSSR count). The Kier molecular flexibility index (Phi) is 4.29. The van der Waals surface area contributed by atoms with Crippen LogP contribution < -0.4 is 5.69 Å². The lowest BCUT2D eigenvalue weighted by atomic mass is 9.97. The number of amides is 1. The number of nitrogens with zero attached hydrogens (tertiary/aromatic N) is 4. The third kappa shape index (κ3) is 3.12. The largest absolute Gasteiger partial charge is 0.393 e. The molecule has 0 saturated carbocycles. The molecule has 0 radical (unpaired) electrons. The second-order valence-electron chi connectivity index (χ2n) is 5.71. The van der Waals surface area contributed by atoms with Crippen LogP contribution in [0.25, 0.3) is 5.65 Å². The zero-order valence-electron chi connectivity index (χ0n) is 12.5. The molecule has 0 unspecified atom stereocenters. The number of rotatable bonds is 2. The van der Waals surface area contributed by atoms with E-state index in [0.717, 1.165) is 9.58 Å². The van der Waals surface area contributed by atoms with Crippen molar-refractivity contribution < 1.29 is 18.0 Å². The molecule has 1 amide bonds. The van der Waals surface area contributed by atoms with Crippen molar-refractivity contribution in [3.63, 3.8) is 0 Å². The summed E-state index contributed by atoms with van der Waals surface area (Å²) in [6.07, 6.45) is -2.58. The van der Waals surface area contributed by atoms with Crippen LogP contribution in [0.3, 0.4) is 0 Å². The van der Waals surface area contributed by atoms with Gasteiger partial charge in [-0.15, -0.1) is 5.10 Å². The van der Waals surface area contributed by atoms with Gasteiger partial charge in [-0.3, -0.25) is 4.79 Å². The van der Waals surface area contributed by atoms with Gasteiger partial charge in [0.15, 0.2) is 5.65 Å². The Bertz CT molecular complexity index is 830. The van der Waals surface area contributed by atoms with Gasteiger partial charge in [0.1, 0.15) is 6.54 Å². The van der Waals surface area contributed by atoms with Crippen molar-refractivity contribution in [1.82, 2.24) is 19.1 Å². The molecular weight excluding hydrogens is 349 g/mol. The number of hydrogen-bond acceptors (Lipinski definition) is 3. The van der Waals surface area contributed by atoms with Crippen molar-refractivity contribution in [3.8, 4) is 0 Å². The van der Waals surface area contributed by atoms with E-state index in [4.69, 9.17) is 11.6 Å². The fourth-order valence-electron chi connectivity index (χ4n) is 2.81. The van der Waals surface area contributed by atoms with Crippen LogP contribution in [0.1, 0.15) is 12.8 Å². The topological polar surface area (TPSA) is 59.6 Å². The van der Waals surface area contributed by atoms with Crippen molar-refractivity contribution in [2.45, 2.75) is 25.6 Å². The van der Waals surface area contributed by atoms with Crippen LogP contribution >= 0.6 is 11.6 Å². The summed E-state index contributed by atoms with van der Waals surface area (Å²) in [4.78, 5) is 25.6. The molecule has 1 aliphatic rings. The van der Waals surface area contributed by atoms with Gasteiger partial charge in [0, 0.05) is 19.3 Å². The zero-order chi connectivity index (χ0) is 17.5. The van der Waals surface area contributed by atoms with Crippen LogP contribution in [0.15, 0.2) is 23.1 Å². The van der Waals surface area contributed by atoms with Crippen LogP contribution in [-0.2, 0) is 11.3 Å². The first-order valence-corrected chi connectivity index (χ1v) is 7.73. The van der Waals surface area contributed by atoms with Crippen LogP contribution in [0.5, 0.6) is 0 Å². The van der Waals surface area contributed by atoms with Gasteiger partial charge < -0.3 is 4.90 Å². The number of halogens is 4. The van der Waals surface area contributed by atoms with E-state index in [9.17, 15) is 22.8 Å². The SMILES string of the molecule is O=C(Cn1nc2c(Cl)cccn2c1=O)N1CCC[C@@H](C(F)(F)F)C1. The number of fused-ring (bicyclic) bond motifs is 1. The minimum absolute atomic E-state index is 0.0111. The first kappa shape index (κ1) is 16.8. The molecule has 6 nitrogen and oxygen atoms in total. The molecular formula is C14H14ClF3N4O2. The maximum Gasteiger partial charge on any atom is 0.393 e.